The molecule has 4 nitrogen and oxygen atoms in total. The third kappa shape index (κ3) is 4.47. The van der Waals surface area contributed by atoms with Gasteiger partial charge in [0, 0.05) is 18.0 Å². The van der Waals surface area contributed by atoms with Gasteiger partial charge in [0.05, 0.1) is 13.2 Å². The Balaban J connectivity index is 2.13. The molecule has 1 unspecified atom stereocenters. The van der Waals surface area contributed by atoms with Crippen LogP contribution in [-0.4, -0.2) is 37.6 Å². The van der Waals surface area contributed by atoms with Gasteiger partial charge in [-0.15, -0.1) is 0 Å². The predicted octanol–water partition coefficient (Wildman–Crippen LogP) is 3.38. The van der Waals surface area contributed by atoms with Crippen molar-refractivity contribution in [2.45, 2.75) is 45.6 Å². The van der Waals surface area contributed by atoms with Gasteiger partial charge in [0.1, 0.15) is 5.75 Å². The molecule has 0 aromatic heterocycles. The van der Waals surface area contributed by atoms with E-state index in [1.807, 2.05) is 18.2 Å². The lowest BCUT2D eigenvalue weighted by Crippen LogP contribution is -2.39. The summed E-state index contributed by atoms with van der Waals surface area (Å²) in [7, 11) is 1.71. The normalized spacial score (nSPS) is 16.5. The van der Waals surface area contributed by atoms with E-state index in [1.54, 1.807) is 7.11 Å². The SMILES string of the molecule is CCC(CC)C(=O)NCC(c1ccccc1OC)N1CCCC1. The largest absolute Gasteiger partial charge is 0.496 e. The molecular weight excluding hydrogens is 288 g/mol. The molecule has 0 saturated carbocycles. The van der Waals surface area contributed by atoms with Crippen molar-refractivity contribution in [2.24, 2.45) is 5.92 Å². The van der Waals surface area contributed by atoms with Crippen LogP contribution in [0.3, 0.4) is 0 Å². The molecule has 1 atom stereocenters. The van der Waals surface area contributed by atoms with Crippen LogP contribution in [0.2, 0.25) is 0 Å². The zero-order chi connectivity index (χ0) is 16.7. The molecule has 1 aliphatic rings. The highest BCUT2D eigenvalue weighted by atomic mass is 16.5. The van der Waals surface area contributed by atoms with E-state index in [1.165, 1.54) is 18.4 Å². The number of nitrogens with one attached hydrogen (secondary N) is 1. The summed E-state index contributed by atoms with van der Waals surface area (Å²) in [5.74, 6) is 1.20. The number of carbonyl (C=O) groups is 1. The lowest BCUT2D eigenvalue weighted by Gasteiger charge is -2.30. The van der Waals surface area contributed by atoms with Crippen molar-refractivity contribution in [3.8, 4) is 5.75 Å². The van der Waals surface area contributed by atoms with Crippen LogP contribution < -0.4 is 10.1 Å². The van der Waals surface area contributed by atoms with E-state index < -0.39 is 0 Å². The highest BCUT2D eigenvalue weighted by molar-refractivity contribution is 5.78. The monoisotopic (exact) mass is 318 g/mol. The van der Waals surface area contributed by atoms with Crippen molar-refractivity contribution in [2.75, 3.05) is 26.7 Å². The third-order valence-corrected chi connectivity index (χ3v) is 4.91. The van der Waals surface area contributed by atoms with E-state index in [2.05, 4.69) is 30.1 Å². The first-order valence-electron chi connectivity index (χ1n) is 8.85. The first-order chi connectivity index (χ1) is 11.2. The van der Waals surface area contributed by atoms with Crippen LogP contribution in [-0.2, 0) is 4.79 Å². The first kappa shape index (κ1) is 17.8. The van der Waals surface area contributed by atoms with Gasteiger partial charge in [0.15, 0.2) is 0 Å². The number of amides is 1. The van der Waals surface area contributed by atoms with Crippen molar-refractivity contribution in [1.29, 1.82) is 0 Å². The van der Waals surface area contributed by atoms with Crippen LogP contribution in [0, 0.1) is 5.92 Å². The summed E-state index contributed by atoms with van der Waals surface area (Å²) in [6.07, 6.45) is 4.25. The summed E-state index contributed by atoms with van der Waals surface area (Å²) in [5, 5.41) is 3.18. The Kier molecular flexibility index (Phi) is 6.90. The van der Waals surface area contributed by atoms with Crippen LogP contribution in [0.15, 0.2) is 24.3 Å². The molecule has 1 amide bonds. The smallest absolute Gasteiger partial charge is 0.223 e. The van der Waals surface area contributed by atoms with Gasteiger partial charge < -0.3 is 10.1 Å². The number of benzene rings is 1. The number of para-hydroxylation sites is 1. The minimum atomic E-state index is 0.117. The Morgan fingerprint density at radius 2 is 1.87 bits per heavy atom. The minimum Gasteiger partial charge on any atom is -0.496 e. The lowest BCUT2D eigenvalue weighted by molar-refractivity contribution is -0.125. The molecule has 1 aromatic carbocycles. The molecule has 128 valence electrons. The highest BCUT2D eigenvalue weighted by Gasteiger charge is 2.27. The molecule has 4 heteroatoms. The second-order valence-corrected chi connectivity index (χ2v) is 6.26. The van der Waals surface area contributed by atoms with E-state index in [0.717, 1.165) is 31.7 Å². The summed E-state index contributed by atoms with van der Waals surface area (Å²) in [6, 6.07) is 8.34. The number of hydrogen-bond donors (Lipinski definition) is 1. The maximum atomic E-state index is 12.3. The number of methoxy groups -OCH3 is 1. The highest BCUT2D eigenvalue weighted by Crippen LogP contribution is 2.31. The molecule has 1 heterocycles. The second-order valence-electron chi connectivity index (χ2n) is 6.26. The zero-order valence-electron chi connectivity index (χ0n) is 14.7. The topological polar surface area (TPSA) is 41.6 Å². The Morgan fingerprint density at radius 1 is 1.22 bits per heavy atom. The maximum absolute atomic E-state index is 12.3. The quantitative estimate of drug-likeness (QED) is 0.799. The Hall–Kier alpha value is -1.55. The van der Waals surface area contributed by atoms with Crippen LogP contribution in [0.25, 0.3) is 0 Å². The lowest BCUT2D eigenvalue weighted by atomic mass is 10.0. The third-order valence-electron chi connectivity index (χ3n) is 4.91. The van der Waals surface area contributed by atoms with Gasteiger partial charge in [0.2, 0.25) is 5.91 Å². The average Bonchev–Trinajstić information content (AvgIpc) is 3.11. The zero-order valence-corrected chi connectivity index (χ0v) is 14.7. The summed E-state index contributed by atoms with van der Waals surface area (Å²) in [4.78, 5) is 14.8. The standard InChI is InChI=1S/C19H30N2O2/c1-4-15(5-2)19(22)20-14-17(21-12-8-9-13-21)16-10-6-7-11-18(16)23-3/h6-7,10-11,15,17H,4-5,8-9,12-14H2,1-3H3,(H,20,22). The van der Waals surface area contributed by atoms with Crippen molar-refractivity contribution in [1.82, 2.24) is 10.2 Å². The van der Waals surface area contributed by atoms with Crippen LogP contribution in [0.1, 0.15) is 51.1 Å². The fraction of sp³-hybridized carbons (Fsp3) is 0.632. The van der Waals surface area contributed by atoms with Gasteiger partial charge in [-0.3, -0.25) is 9.69 Å². The van der Waals surface area contributed by atoms with Gasteiger partial charge in [-0.25, -0.2) is 0 Å². The van der Waals surface area contributed by atoms with Gasteiger partial charge in [0.25, 0.3) is 0 Å². The first-order valence-corrected chi connectivity index (χ1v) is 8.85. The van der Waals surface area contributed by atoms with E-state index in [4.69, 9.17) is 4.74 Å². The molecule has 0 bridgehead atoms. The number of rotatable bonds is 8. The number of hydrogen-bond acceptors (Lipinski definition) is 3. The van der Waals surface area contributed by atoms with Crippen molar-refractivity contribution in [3.05, 3.63) is 29.8 Å². The molecule has 1 saturated heterocycles. The molecule has 0 aliphatic carbocycles. The number of ether oxygens (including phenoxy) is 1. The van der Waals surface area contributed by atoms with Crippen LogP contribution in [0.5, 0.6) is 5.75 Å². The summed E-state index contributed by atoms with van der Waals surface area (Å²) in [6.45, 7) is 6.97. The fourth-order valence-electron chi connectivity index (χ4n) is 3.43. The van der Waals surface area contributed by atoms with Crippen LogP contribution >= 0.6 is 0 Å². The van der Waals surface area contributed by atoms with Crippen molar-refractivity contribution in [3.63, 3.8) is 0 Å². The molecule has 1 aliphatic heterocycles. The van der Waals surface area contributed by atoms with Crippen LogP contribution in [0.4, 0.5) is 0 Å². The van der Waals surface area contributed by atoms with Gasteiger partial charge in [-0.2, -0.15) is 0 Å². The molecule has 0 spiro atoms. The summed E-state index contributed by atoms with van der Waals surface area (Å²) in [5.41, 5.74) is 1.17. The van der Waals surface area contributed by atoms with E-state index in [0.29, 0.717) is 6.54 Å². The fourth-order valence-corrected chi connectivity index (χ4v) is 3.43. The molecule has 1 fully saturated rings. The molecular formula is C19H30N2O2. The van der Waals surface area contributed by atoms with E-state index in [-0.39, 0.29) is 17.9 Å². The molecule has 0 radical (unpaired) electrons. The van der Waals surface area contributed by atoms with Gasteiger partial charge in [-0.1, -0.05) is 32.0 Å². The van der Waals surface area contributed by atoms with Crippen molar-refractivity contribution >= 4 is 5.91 Å². The maximum Gasteiger partial charge on any atom is 0.223 e. The summed E-state index contributed by atoms with van der Waals surface area (Å²) >= 11 is 0. The second kappa shape index (κ2) is 8.92. The van der Waals surface area contributed by atoms with Crippen molar-refractivity contribution < 1.29 is 9.53 Å². The molecule has 1 aromatic rings. The van der Waals surface area contributed by atoms with Gasteiger partial charge in [-0.05, 0) is 44.8 Å². The summed E-state index contributed by atoms with van der Waals surface area (Å²) < 4.78 is 5.54. The Bertz CT molecular complexity index is 494. The average molecular weight is 318 g/mol. The van der Waals surface area contributed by atoms with E-state index in [9.17, 15) is 4.79 Å². The number of carbonyl (C=O) groups excluding carboxylic acids is 1. The molecule has 23 heavy (non-hydrogen) atoms. The van der Waals surface area contributed by atoms with Gasteiger partial charge >= 0.3 is 0 Å². The minimum absolute atomic E-state index is 0.117. The number of nitrogens with zero attached hydrogens (tertiary/aromatic N) is 1. The number of likely N-dealkylation sites (tertiary alicyclic amines) is 1. The van der Waals surface area contributed by atoms with E-state index >= 15 is 0 Å². The predicted molar refractivity (Wildman–Crippen MR) is 93.6 cm³/mol. The molecule has 1 N–H and O–H groups in total. The Morgan fingerprint density at radius 3 is 2.48 bits per heavy atom. The molecule has 2 rings (SSSR count). The Labute approximate surface area is 140 Å².